The highest BCUT2D eigenvalue weighted by molar-refractivity contribution is 6.24. The third kappa shape index (κ3) is 6.01. The van der Waals surface area contributed by atoms with Gasteiger partial charge in [-0.05, 0) is 49.6 Å². The second-order valence-electron chi connectivity index (χ2n) is 9.23. The number of imide groups is 2. The van der Waals surface area contributed by atoms with Gasteiger partial charge in [-0.15, -0.1) is 0 Å². The van der Waals surface area contributed by atoms with E-state index in [2.05, 4.69) is 10.6 Å². The molecule has 10 heteroatoms. The minimum absolute atomic E-state index is 0.0712. The summed E-state index contributed by atoms with van der Waals surface area (Å²) in [7, 11) is 1.56. The van der Waals surface area contributed by atoms with Gasteiger partial charge in [-0.1, -0.05) is 31.4 Å². The van der Waals surface area contributed by atoms with Crippen LogP contribution in [0.15, 0.2) is 42.5 Å². The molecule has 2 aromatic carbocycles. The van der Waals surface area contributed by atoms with Gasteiger partial charge in [0.2, 0.25) is 11.8 Å². The number of amides is 5. The summed E-state index contributed by atoms with van der Waals surface area (Å²) in [5, 5.41) is 5.11. The Balaban J connectivity index is 1.18. The number of carbonyl (C=O) groups excluding carboxylic acids is 5. The molecule has 4 rings (SSSR count). The van der Waals surface area contributed by atoms with Gasteiger partial charge in [0.05, 0.1) is 24.8 Å². The molecule has 0 bridgehead atoms. The Morgan fingerprint density at radius 2 is 1.76 bits per heavy atom. The molecular weight excluding hydrogens is 490 g/mol. The van der Waals surface area contributed by atoms with Crippen LogP contribution in [0, 0.1) is 0 Å². The van der Waals surface area contributed by atoms with Crippen LogP contribution in [0.2, 0.25) is 0 Å². The maximum Gasteiger partial charge on any atom is 0.266 e. The average molecular weight is 522 g/mol. The SMILES string of the molecule is COc1cccc(C(=O)NCCCCCCCOc2cccc3c2C(=O)N(C2CCC(=O)NC2=O)C3=O)c1. The Bertz CT molecular complexity index is 1240. The van der Waals surface area contributed by atoms with E-state index in [-0.39, 0.29) is 29.9 Å². The Labute approximate surface area is 220 Å². The van der Waals surface area contributed by atoms with Gasteiger partial charge in [0.15, 0.2) is 0 Å². The van der Waals surface area contributed by atoms with Gasteiger partial charge >= 0.3 is 0 Å². The highest BCUT2D eigenvalue weighted by Crippen LogP contribution is 2.33. The molecule has 2 aliphatic heterocycles. The number of nitrogens with zero attached hydrogens (tertiary/aromatic N) is 1. The number of fused-ring (bicyclic) bond motifs is 1. The van der Waals surface area contributed by atoms with Crippen molar-refractivity contribution in [2.45, 2.75) is 51.0 Å². The third-order valence-corrected chi connectivity index (χ3v) is 6.63. The first-order valence-corrected chi connectivity index (χ1v) is 12.8. The first-order chi connectivity index (χ1) is 18.4. The van der Waals surface area contributed by atoms with Crippen molar-refractivity contribution in [2.75, 3.05) is 20.3 Å². The molecule has 0 radical (unpaired) electrons. The molecule has 0 aromatic heterocycles. The Morgan fingerprint density at radius 3 is 2.55 bits per heavy atom. The summed E-state index contributed by atoms with van der Waals surface area (Å²) in [5.74, 6) is -1.35. The quantitative estimate of drug-likeness (QED) is 0.324. The molecule has 38 heavy (non-hydrogen) atoms. The van der Waals surface area contributed by atoms with E-state index in [9.17, 15) is 24.0 Å². The number of hydrogen-bond donors (Lipinski definition) is 2. The van der Waals surface area contributed by atoms with Crippen molar-refractivity contribution >= 4 is 29.5 Å². The summed E-state index contributed by atoms with van der Waals surface area (Å²) in [6, 6.07) is 10.8. The Hall–Kier alpha value is -4.21. The molecule has 5 amide bonds. The molecule has 1 fully saturated rings. The van der Waals surface area contributed by atoms with Crippen LogP contribution in [0.25, 0.3) is 0 Å². The Morgan fingerprint density at radius 1 is 1.00 bits per heavy atom. The zero-order chi connectivity index (χ0) is 27.1. The number of ether oxygens (including phenoxy) is 2. The van der Waals surface area contributed by atoms with E-state index in [1.165, 1.54) is 0 Å². The minimum Gasteiger partial charge on any atom is -0.497 e. The molecule has 200 valence electrons. The van der Waals surface area contributed by atoms with Gasteiger partial charge in [-0.2, -0.15) is 0 Å². The maximum absolute atomic E-state index is 13.1. The van der Waals surface area contributed by atoms with Crippen molar-refractivity contribution in [1.82, 2.24) is 15.5 Å². The molecule has 0 spiro atoms. The summed E-state index contributed by atoms with van der Waals surface area (Å²) in [6.45, 7) is 0.964. The van der Waals surface area contributed by atoms with Gasteiger partial charge in [0, 0.05) is 18.5 Å². The maximum atomic E-state index is 13.1. The van der Waals surface area contributed by atoms with Crippen LogP contribution < -0.4 is 20.1 Å². The number of nitrogens with one attached hydrogen (secondary N) is 2. The highest BCUT2D eigenvalue weighted by atomic mass is 16.5. The van der Waals surface area contributed by atoms with Crippen molar-refractivity contribution in [3.05, 3.63) is 59.2 Å². The van der Waals surface area contributed by atoms with E-state index < -0.39 is 29.7 Å². The average Bonchev–Trinajstić information content (AvgIpc) is 3.17. The van der Waals surface area contributed by atoms with Crippen LogP contribution in [-0.4, -0.2) is 60.7 Å². The summed E-state index contributed by atoms with van der Waals surface area (Å²) >= 11 is 0. The van der Waals surface area contributed by atoms with Crippen LogP contribution >= 0.6 is 0 Å². The summed E-state index contributed by atoms with van der Waals surface area (Å²) in [5.41, 5.74) is 0.927. The second kappa shape index (κ2) is 12.4. The van der Waals surface area contributed by atoms with Gasteiger partial charge in [0.25, 0.3) is 17.7 Å². The molecule has 1 unspecified atom stereocenters. The number of rotatable bonds is 12. The standard InChI is InChI=1S/C28H31N3O7/c1-37-19-10-7-9-18(17-19)25(33)29-15-5-3-2-4-6-16-38-22-12-8-11-20-24(22)28(36)31(27(20)35)21-13-14-23(32)30-26(21)34/h7-12,17,21H,2-6,13-16H2,1H3,(H,29,33)(H,30,32,34). The van der Waals surface area contributed by atoms with Crippen LogP contribution in [0.1, 0.15) is 76.0 Å². The van der Waals surface area contributed by atoms with Crippen molar-refractivity contribution in [2.24, 2.45) is 0 Å². The van der Waals surface area contributed by atoms with Gasteiger partial charge in [-0.25, -0.2) is 0 Å². The predicted octanol–water partition coefficient (Wildman–Crippen LogP) is 2.86. The fraction of sp³-hybridized carbons (Fsp3) is 0.393. The predicted molar refractivity (Wildman–Crippen MR) is 137 cm³/mol. The monoisotopic (exact) mass is 521 g/mol. The molecule has 1 saturated heterocycles. The summed E-state index contributed by atoms with van der Waals surface area (Å²) < 4.78 is 11.0. The zero-order valence-corrected chi connectivity index (χ0v) is 21.3. The van der Waals surface area contributed by atoms with E-state index in [0.717, 1.165) is 37.0 Å². The lowest BCUT2D eigenvalue weighted by molar-refractivity contribution is -0.136. The summed E-state index contributed by atoms with van der Waals surface area (Å²) in [6.07, 6.45) is 4.63. The molecule has 2 aromatic rings. The molecule has 2 heterocycles. The lowest BCUT2D eigenvalue weighted by Crippen LogP contribution is -2.54. The first kappa shape index (κ1) is 26.8. The fourth-order valence-electron chi connectivity index (χ4n) is 4.61. The fourth-order valence-corrected chi connectivity index (χ4v) is 4.61. The van der Waals surface area contributed by atoms with Crippen LogP contribution in [0.5, 0.6) is 11.5 Å². The van der Waals surface area contributed by atoms with Gasteiger partial charge in [0.1, 0.15) is 17.5 Å². The smallest absolute Gasteiger partial charge is 0.266 e. The molecule has 2 aliphatic rings. The van der Waals surface area contributed by atoms with Gasteiger partial charge < -0.3 is 14.8 Å². The molecule has 2 N–H and O–H groups in total. The third-order valence-electron chi connectivity index (χ3n) is 6.63. The van der Waals surface area contributed by atoms with E-state index in [1.807, 2.05) is 0 Å². The topological polar surface area (TPSA) is 131 Å². The molecule has 0 aliphatic carbocycles. The number of unbranched alkanes of at least 4 members (excludes halogenated alkanes) is 4. The van der Waals surface area contributed by atoms with E-state index in [4.69, 9.17) is 9.47 Å². The molecule has 0 saturated carbocycles. The molecule has 1 atom stereocenters. The lowest BCUT2D eigenvalue weighted by Gasteiger charge is -2.27. The number of piperidine rings is 1. The summed E-state index contributed by atoms with van der Waals surface area (Å²) in [4.78, 5) is 62.8. The number of benzene rings is 2. The number of methoxy groups -OCH3 is 1. The largest absolute Gasteiger partial charge is 0.497 e. The molecule has 10 nitrogen and oxygen atoms in total. The number of carbonyl (C=O) groups is 5. The van der Waals surface area contributed by atoms with Crippen LogP contribution in [0.4, 0.5) is 0 Å². The van der Waals surface area contributed by atoms with Gasteiger partial charge in [-0.3, -0.25) is 34.2 Å². The highest BCUT2D eigenvalue weighted by Gasteiger charge is 2.45. The number of hydrogen-bond acceptors (Lipinski definition) is 7. The lowest BCUT2D eigenvalue weighted by atomic mass is 10.0. The second-order valence-corrected chi connectivity index (χ2v) is 9.23. The van der Waals surface area contributed by atoms with Crippen LogP contribution in [0.3, 0.4) is 0 Å². The van der Waals surface area contributed by atoms with Crippen molar-refractivity contribution < 1.29 is 33.4 Å². The minimum atomic E-state index is -1.01. The van der Waals surface area contributed by atoms with E-state index in [1.54, 1.807) is 49.6 Å². The van der Waals surface area contributed by atoms with Crippen molar-refractivity contribution in [1.29, 1.82) is 0 Å². The normalized spacial score (nSPS) is 16.8. The molecular formula is C28H31N3O7. The van der Waals surface area contributed by atoms with E-state index in [0.29, 0.717) is 30.2 Å². The van der Waals surface area contributed by atoms with Crippen molar-refractivity contribution in [3.8, 4) is 11.5 Å². The van der Waals surface area contributed by atoms with E-state index >= 15 is 0 Å². The van der Waals surface area contributed by atoms with Crippen molar-refractivity contribution in [3.63, 3.8) is 0 Å². The zero-order valence-electron chi connectivity index (χ0n) is 21.3. The van der Waals surface area contributed by atoms with Crippen LogP contribution in [-0.2, 0) is 9.59 Å². The first-order valence-electron chi connectivity index (χ1n) is 12.8. The Kier molecular flexibility index (Phi) is 8.73.